The molecule has 0 atom stereocenters. The number of carbonyl (C=O) groups excluding carboxylic acids is 1. The van der Waals surface area contributed by atoms with E-state index >= 15 is 0 Å². The maximum atomic E-state index is 13.5. The highest BCUT2D eigenvalue weighted by molar-refractivity contribution is 5.91. The summed E-state index contributed by atoms with van der Waals surface area (Å²) in [4.78, 5) is 18.1. The van der Waals surface area contributed by atoms with Crippen LogP contribution in [0.15, 0.2) is 48.7 Å². The zero-order chi connectivity index (χ0) is 20.9. The van der Waals surface area contributed by atoms with Crippen LogP contribution in [0.3, 0.4) is 0 Å². The number of nitrogens with one attached hydrogen (secondary N) is 2. The predicted octanol–water partition coefficient (Wildman–Crippen LogP) is 4.90. The molecule has 3 aromatic rings. The lowest BCUT2D eigenvalue weighted by Crippen LogP contribution is -2.39. The van der Waals surface area contributed by atoms with Gasteiger partial charge in [-0.05, 0) is 54.8 Å². The molecule has 2 N–H and O–H groups in total. The average molecular weight is 408 g/mol. The van der Waals surface area contributed by atoms with Crippen LogP contribution in [-0.4, -0.2) is 42.0 Å². The van der Waals surface area contributed by atoms with Crippen LogP contribution in [-0.2, 0) is 11.2 Å². The molecule has 2 aromatic carbocycles. The average Bonchev–Trinajstić information content (AvgIpc) is 3.16. The lowest BCUT2D eigenvalue weighted by Gasteiger charge is -2.31. The van der Waals surface area contributed by atoms with Crippen molar-refractivity contribution in [1.82, 2.24) is 15.2 Å². The zero-order valence-corrected chi connectivity index (χ0v) is 17.6. The molecule has 5 heteroatoms. The number of benzene rings is 2. The normalized spacial score (nSPS) is 15.0. The van der Waals surface area contributed by atoms with E-state index in [-0.39, 0.29) is 11.7 Å². The standard InChI is InChI=1S/C25H30FN3O/c1-29(22-8-3-2-4-9-22)13-12-27-25(30)16-20-17-28-24-15-19(10-11-23(20)24)18-6-5-7-21(26)14-18/h5-7,10-11,14-15,17,22,28H,2-4,8-9,12-13,16H2,1H3,(H,27,30). The summed E-state index contributed by atoms with van der Waals surface area (Å²) in [6.07, 6.45) is 8.80. The van der Waals surface area contributed by atoms with Gasteiger partial charge in [-0.1, -0.05) is 43.5 Å². The number of rotatable bonds is 7. The van der Waals surface area contributed by atoms with Gasteiger partial charge in [-0.3, -0.25) is 4.79 Å². The molecular weight excluding hydrogens is 377 g/mol. The fourth-order valence-corrected chi connectivity index (χ4v) is 4.49. The number of H-pyrrole nitrogens is 1. The highest BCUT2D eigenvalue weighted by atomic mass is 19.1. The summed E-state index contributed by atoms with van der Waals surface area (Å²) in [6, 6.07) is 13.2. The number of amides is 1. The highest BCUT2D eigenvalue weighted by Gasteiger charge is 2.17. The van der Waals surface area contributed by atoms with Crippen LogP contribution in [0.25, 0.3) is 22.0 Å². The van der Waals surface area contributed by atoms with Crippen molar-refractivity contribution in [2.45, 2.75) is 44.6 Å². The number of halogens is 1. The van der Waals surface area contributed by atoms with Gasteiger partial charge in [0.1, 0.15) is 5.82 Å². The van der Waals surface area contributed by atoms with Gasteiger partial charge in [-0.2, -0.15) is 0 Å². The Hall–Kier alpha value is -2.66. The highest BCUT2D eigenvalue weighted by Crippen LogP contribution is 2.27. The van der Waals surface area contributed by atoms with E-state index in [1.807, 2.05) is 30.5 Å². The summed E-state index contributed by atoms with van der Waals surface area (Å²) in [7, 11) is 2.16. The number of carbonyl (C=O) groups is 1. The Labute approximate surface area is 177 Å². The van der Waals surface area contributed by atoms with Crippen molar-refractivity contribution in [3.8, 4) is 11.1 Å². The molecule has 1 fully saturated rings. The van der Waals surface area contributed by atoms with Gasteiger partial charge in [0.05, 0.1) is 6.42 Å². The van der Waals surface area contributed by atoms with Crippen molar-refractivity contribution < 1.29 is 9.18 Å². The molecule has 0 unspecified atom stereocenters. The van der Waals surface area contributed by atoms with Crippen molar-refractivity contribution in [1.29, 1.82) is 0 Å². The second-order valence-electron chi connectivity index (χ2n) is 8.38. The maximum absolute atomic E-state index is 13.5. The van der Waals surface area contributed by atoms with Crippen LogP contribution >= 0.6 is 0 Å². The van der Waals surface area contributed by atoms with Gasteiger partial charge in [0.2, 0.25) is 5.91 Å². The third-order valence-electron chi connectivity index (χ3n) is 6.26. The zero-order valence-electron chi connectivity index (χ0n) is 17.6. The Kier molecular flexibility index (Phi) is 6.48. The summed E-state index contributed by atoms with van der Waals surface area (Å²) in [5, 5.41) is 4.09. The largest absolute Gasteiger partial charge is 0.361 e. The summed E-state index contributed by atoms with van der Waals surface area (Å²) in [5.41, 5.74) is 3.73. The van der Waals surface area contributed by atoms with Crippen LogP contribution in [0.4, 0.5) is 4.39 Å². The Bertz CT molecular complexity index is 1010. The summed E-state index contributed by atoms with van der Waals surface area (Å²) in [6.45, 7) is 1.57. The van der Waals surface area contributed by atoms with Gasteiger partial charge in [0.15, 0.2) is 0 Å². The SMILES string of the molecule is CN(CCNC(=O)Cc1c[nH]c2cc(-c3cccc(F)c3)ccc12)C1CCCCC1. The molecule has 0 saturated heterocycles. The van der Waals surface area contributed by atoms with E-state index in [1.165, 1.54) is 44.2 Å². The van der Waals surface area contributed by atoms with Crippen LogP contribution in [0, 0.1) is 5.82 Å². The van der Waals surface area contributed by atoms with Crippen LogP contribution in [0.1, 0.15) is 37.7 Å². The Morgan fingerprint density at radius 3 is 2.73 bits per heavy atom. The van der Waals surface area contributed by atoms with Gasteiger partial charge in [0, 0.05) is 36.2 Å². The maximum Gasteiger partial charge on any atom is 0.224 e. The van der Waals surface area contributed by atoms with E-state index in [9.17, 15) is 9.18 Å². The molecule has 1 aromatic heterocycles. The van der Waals surface area contributed by atoms with E-state index in [4.69, 9.17) is 0 Å². The van der Waals surface area contributed by atoms with Crippen molar-refractivity contribution in [3.05, 3.63) is 60.0 Å². The van der Waals surface area contributed by atoms with Crippen molar-refractivity contribution >= 4 is 16.8 Å². The Morgan fingerprint density at radius 2 is 1.93 bits per heavy atom. The second kappa shape index (κ2) is 9.43. The van der Waals surface area contributed by atoms with E-state index in [2.05, 4.69) is 22.2 Å². The van der Waals surface area contributed by atoms with Gasteiger partial charge in [-0.25, -0.2) is 4.39 Å². The first kappa shape index (κ1) is 20.6. The molecule has 0 spiro atoms. The van der Waals surface area contributed by atoms with E-state index in [1.54, 1.807) is 6.07 Å². The Morgan fingerprint density at radius 1 is 1.13 bits per heavy atom. The summed E-state index contributed by atoms with van der Waals surface area (Å²) >= 11 is 0. The molecule has 1 aliphatic carbocycles. The number of hydrogen-bond acceptors (Lipinski definition) is 2. The molecule has 1 aliphatic rings. The van der Waals surface area contributed by atoms with E-state index in [0.29, 0.717) is 19.0 Å². The first-order chi connectivity index (χ1) is 14.6. The first-order valence-corrected chi connectivity index (χ1v) is 10.9. The second-order valence-corrected chi connectivity index (χ2v) is 8.38. The van der Waals surface area contributed by atoms with E-state index in [0.717, 1.165) is 34.1 Å². The lowest BCUT2D eigenvalue weighted by atomic mass is 9.94. The minimum Gasteiger partial charge on any atom is -0.361 e. The molecule has 0 bridgehead atoms. The molecule has 0 aliphatic heterocycles. The molecule has 158 valence electrons. The lowest BCUT2D eigenvalue weighted by molar-refractivity contribution is -0.120. The van der Waals surface area contributed by atoms with Gasteiger partial charge >= 0.3 is 0 Å². The summed E-state index contributed by atoms with van der Waals surface area (Å²) in [5.74, 6) is -0.201. The monoisotopic (exact) mass is 407 g/mol. The fourth-order valence-electron chi connectivity index (χ4n) is 4.49. The van der Waals surface area contributed by atoms with E-state index < -0.39 is 0 Å². The topological polar surface area (TPSA) is 48.1 Å². The summed E-state index contributed by atoms with van der Waals surface area (Å²) < 4.78 is 13.5. The molecule has 4 rings (SSSR count). The number of aromatic amines is 1. The van der Waals surface area contributed by atoms with Gasteiger partial charge in [0.25, 0.3) is 0 Å². The molecule has 1 saturated carbocycles. The van der Waals surface area contributed by atoms with Gasteiger partial charge in [-0.15, -0.1) is 0 Å². The van der Waals surface area contributed by atoms with Crippen LogP contribution < -0.4 is 5.32 Å². The van der Waals surface area contributed by atoms with Gasteiger partial charge < -0.3 is 15.2 Å². The minimum absolute atomic E-state index is 0.0437. The Balaban J connectivity index is 1.34. The smallest absolute Gasteiger partial charge is 0.224 e. The minimum atomic E-state index is -0.245. The number of aromatic nitrogens is 1. The molecule has 0 radical (unpaired) electrons. The fraction of sp³-hybridized carbons (Fsp3) is 0.400. The van der Waals surface area contributed by atoms with Crippen molar-refractivity contribution in [3.63, 3.8) is 0 Å². The predicted molar refractivity (Wildman–Crippen MR) is 120 cm³/mol. The van der Waals surface area contributed by atoms with Crippen molar-refractivity contribution in [2.24, 2.45) is 0 Å². The molecule has 4 nitrogen and oxygen atoms in total. The number of nitrogens with zero attached hydrogens (tertiary/aromatic N) is 1. The third-order valence-corrected chi connectivity index (χ3v) is 6.26. The third kappa shape index (κ3) is 4.90. The van der Waals surface area contributed by atoms with Crippen LogP contribution in [0.5, 0.6) is 0 Å². The first-order valence-electron chi connectivity index (χ1n) is 10.9. The molecule has 30 heavy (non-hydrogen) atoms. The van der Waals surface area contributed by atoms with Crippen molar-refractivity contribution in [2.75, 3.05) is 20.1 Å². The quantitative estimate of drug-likeness (QED) is 0.585. The molecular formula is C25H30FN3O. The molecule has 1 amide bonds. The van der Waals surface area contributed by atoms with Crippen LogP contribution in [0.2, 0.25) is 0 Å². The number of hydrogen-bond donors (Lipinski definition) is 2. The number of likely N-dealkylation sites (N-methyl/N-ethyl adjacent to an activating group) is 1. The number of fused-ring (bicyclic) bond motifs is 1. The molecule has 1 heterocycles.